The first-order valence-corrected chi connectivity index (χ1v) is 9.68. The zero-order valence-corrected chi connectivity index (χ0v) is 14.0. The van der Waals surface area contributed by atoms with Crippen molar-refractivity contribution in [2.75, 3.05) is 13.2 Å². The van der Waals surface area contributed by atoms with Gasteiger partial charge in [0.1, 0.15) is 18.8 Å². The minimum atomic E-state index is 0.106. The van der Waals surface area contributed by atoms with Crippen LogP contribution in [0.4, 0.5) is 0 Å². The van der Waals surface area contributed by atoms with Crippen molar-refractivity contribution in [1.82, 2.24) is 0 Å². The topological polar surface area (TPSA) is 13.7 Å². The molecule has 1 N–H and O–H groups in total. The number of allylic oxidation sites excluding steroid dienone is 2. The summed E-state index contributed by atoms with van der Waals surface area (Å²) in [7, 11) is 0. The number of nitrogens with one attached hydrogen (secondary N) is 1. The molecule has 1 aromatic carbocycles. The van der Waals surface area contributed by atoms with E-state index in [1.165, 1.54) is 57.9 Å². The molecule has 1 saturated heterocycles. The average Bonchev–Trinajstić information content (AvgIpc) is 3.04. The zero-order chi connectivity index (χ0) is 15.3. The highest BCUT2D eigenvalue weighted by Gasteiger charge is 2.61. The molecule has 2 fully saturated rings. The van der Waals surface area contributed by atoms with Crippen LogP contribution in [-0.4, -0.2) is 18.9 Å². The Kier molecular flexibility index (Phi) is 3.38. The third-order valence-electron chi connectivity index (χ3n) is 6.95. The SMILES string of the molecule is c1ccc([C@@H]2C3=C(CCCC3)[NH+]3CCO[C@@]34CCCC[C@H]24)cc1. The molecule has 2 aliphatic heterocycles. The summed E-state index contributed by atoms with van der Waals surface area (Å²) in [6.45, 7) is 2.17. The molecule has 0 radical (unpaired) electrons. The van der Waals surface area contributed by atoms with Crippen molar-refractivity contribution in [2.45, 2.75) is 63.0 Å². The van der Waals surface area contributed by atoms with E-state index in [9.17, 15) is 0 Å². The number of rotatable bonds is 1. The predicted octanol–water partition coefficient (Wildman–Crippen LogP) is 3.41. The fourth-order valence-electron chi connectivity index (χ4n) is 6.15. The molecule has 2 aliphatic carbocycles. The van der Waals surface area contributed by atoms with Crippen LogP contribution in [0.1, 0.15) is 62.8 Å². The highest BCUT2D eigenvalue weighted by atomic mass is 16.5. The molecule has 2 nitrogen and oxygen atoms in total. The molecule has 1 spiro atoms. The summed E-state index contributed by atoms with van der Waals surface area (Å²) < 4.78 is 6.58. The van der Waals surface area contributed by atoms with E-state index in [2.05, 4.69) is 30.3 Å². The van der Waals surface area contributed by atoms with E-state index in [1.807, 2.05) is 0 Å². The summed E-state index contributed by atoms with van der Waals surface area (Å²) in [6, 6.07) is 11.3. The van der Waals surface area contributed by atoms with Crippen molar-refractivity contribution < 1.29 is 9.64 Å². The molecule has 2 heteroatoms. The number of hydrogen-bond acceptors (Lipinski definition) is 1. The fraction of sp³-hybridized carbons (Fsp3) is 0.619. The molecule has 4 atom stereocenters. The second-order valence-electron chi connectivity index (χ2n) is 7.92. The van der Waals surface area contributed by atoms with Crippen LogP contribution in [0.25, 0.3) is 0 Å². The maximum atomic E-state index is 6.58. The van der Waals surface area contributed by atoms with Crippen LogP contribution in [0, 0.1) is 5.92 Å². The smallest absolute Gasteiger partial charge is 0.210 e. The number of benzene rings is 1. The predicted molar refractivity (Wildman–Crippen MR) is 91.1 cm³/mol. The number of ether oxygens (including phenoxy) is 1. The Labute approximate surface area is 139 Å². The van der Waals surface area contributed by atoms with Crippen LogP contribution in [0.2, 0.25) is 0 Å². The van der Waals surface area contributed by atoms with Crippen LogP contribution < -0.4 is 4.90 Å². The van der Waals surface area contributed by atoms with Gasteiger partial charge < -0.3 is 4.74 Å². The largest absolute Gasteiger partial charge is 0.320 e. The summed E-state index contributed by atoms with van der Waals surface area (Å²) in [5.41, 5.74) is 5.20. The second kappa shape index (κ2) is 5.46. The van der Waals surface area contributed by atoms with Crippen LogP contribution in [0.3, 0.4) is 0 Å². The second-order valence-corrected chi connectivity index (χ2v) is 7.92. The molecular formula is C21H28NO+. The first kappa shape index (κ1) is 14.2. The molecule has 0 aromatic heterocycles. The van der Waals surface area contributed by atoms with E-state index in [-0.39, 0.29) is 5.72 Å². The first-order chi connectivity index (χ1) is 11.4. The zero-order valence-electron chi connectivity index (χ0n) is 14.0. The standard InChI is InChI=1S/C21H27NO/c1-2-8-16(9-3-1)20-17-10-4-5-12-19(17)22-14-15-23-21(22)13-7-6-11-18(20)21/h1-3,8-9,18,20H,4-7,10-15H2/p+1/t18-,20-,21-/m1/s1. The molecule has 1 saturated carbocycles. The third-order valence-corrected chi connectivity index (χ3v) is 6.95. The lowest BCUT2D eigenvalue weighted by Gasteiger charge is -2.52. The summed E-state index contributed by atoms with van der Waals surface area (Å²) in [6.07, 6.45) is 10.8. The lowest BCUT2D eigenvalue weighted by Crippen LogP contribution is -3.19. The summed E-state index contributed by atoms with van der Waals surface area (Å²) in [5, 5.41) is 0. The van der Waals surface area contributed by atoms with Crippen LogP contribution in [0.5, 0.6) is 0 Å². The van der Waals surface area contributed by atoms with Crippen LogP contribution in [-0.2, 0) is 4.74 Å². The van der Waals surface area contributed by atoms with Gasteiger partial charge in [-0.1, -0.05) is 36.8 Å². The number of fused-ring (bicyclic) bond motifs is 1. The normalized spacial score (nSPS) is 39.6. The van der Waals surface area contributed by atoms with Gasteiger partial charge in [-0.2, -0.15) is 0 Å². The minimum Gasteiger partial charge on any atom is -0.320 e. The molecule has 4 aliphatic rings. The summed E-state index contributed by atoms with van der Waals surface area (Å²) in [5.74, 6) is 1.31. The Morgan fingerprint density at radius 1 is 1.00 bits per heavy atom. The quantitative estimate of drug-likeness (QED) is 0.839. The first-order valence-electron chi connectivity index (χ1n) is 9.68. The van der Waals surface area contributed by atoms with Crippen molar-refractivity contribution in [3.8, 4) is 0 Å². The molecule has 0 bridgehead atoms. The van der Waals surface area contributed by atoms with Crippen LogP contribution in [0.15, 0.2) is 41.6 Å². The van der Waals surface area contributed by atoms with Crippen molar-refractivity contribution in [2.24, 2.45) is 5.92 Å². The van der Waals surface area contributed by atoms with Gasteiger partial charge in [0.25, 0.3) is 0 Å². The summed E-state index contributed by atoms with van der Waals surface area (Å²) in [4.78, 5) is 1.74. The van der Waals surface area contributed by atoms with Gasteiger partial charge >= 0.3 is 0 Å². The minimum absolute atomic E-state index is 0.106. The van der Waals surface area contributed by atoms with E-state index in [0.717, 1.165) is 6.61 Å². The van der Waals surface area contributed by atoms with E-state index in [0.29, 0.717) is 11.8 Å². The van der Waals surface area contributed by atoms with Crippen LogP contribution >= 0.6 is 0 Å². The van der Waals surface area contributed by atoms with Gasteiger partial charge in [0.05, 0.1) is 5.92 Å². The highest BCUT2D eigenvalue weighted by Crippen LogP contribution is 2.51. The molecule has 2 heterocycles. The van der Waals surface area contributed by atoms with Gasteiger partial charge in [0.15, 0.2) is 0 Å². The van der Waals surface area contributed by atoms with Gasteiger partial charge in [-0.3, -0.25) is 4.90 Å². The number of hydrogen-bond donors (Lipinski definition) is 1. The molecule has 23 heavy (non-hydrogen) atoms. The molecule has 5 rings (SSSR count). The lowest BCUT2D eigenvalue weighted by atomic mass is 9.63. The molecule has 0 amide bonds. The Hall–Kier alpha value is -1.12. The van der Waals surface area contributed by atoms with Gasteiger partial charge in [-0.25, -0.2) is 0 Å². The Balaban J connectivity index is 1.69. The average molecular weight is 310 g/mol. The molecule has 1 aromatic rings. The lowest BCUT2D eigenvalue weighted by molar-refractivity contribution is -0.932. The van der Waals surface area contributed by atoms with Gasteiger partial charge in [-0.05, 0) is 43.2 Å². The van der Waals surface area contributed by atoms with E-state index in [1.54, 1.807) is 21.7 Å². The number of quaternary nitrogens is 1. The molecule has 122 valence electrons. The Morgan fingerprint density at radius 2 is 1.87 bits per heavy atom. The molecule has 1 unspecified atom stereocenters. The van der Waals surface area contributed by atoms with Gasteiger partial charge in [0.2, 0.25) is 5.72 Å². The van der Waals surface area contributed by atoms with Crippen molar-refractivity contribution in [3.63, 3.8) is 0 Å². The van der Waals surface area contributed by atoms with E-state index in [4.69, 9.17) is 4.74 Å². The summed E-state index contributed by atoms with van der Waals surface area (Å²) >= 11 is 0. The van der Waals surface area contributed by atoms with Crippen molar-refractivity contribution in [3.05, 3.63) is 47.2 Å². The maximum Gasteiger partial charge on any atom is 0.210 e. The van der Waals surface area contributed by atoms with Crippen molar-refractivity contribution in [1.29, 1.82) is 0 Å². The van der Waals surface area contributed by atoms with E-state index < -0.39 is 0 Å². The van der Waals surface area contributed by atoms with Gasteiger partial charge in [0, 0.05) is 18.8 Å². The maximum absolute atomic E-state index is 6.58. The highest BCUT2D eigenvalue weighted by molar-refractivity contribution is 5.35. The Bertz CT molecular complexity index is 622. The van der Waals surface area contributed by atoms with E-state index >= 15 is 0 Å². The fourth-order valence-corrected chi connectivity index (χ4v) is 6.15. The Morgan fingerprint density at radius 3 is 2.78 bits per heavy atom. The third kappa shape index (κ3) is 2.01. The van der Waals surface area contributed by atoms with Crippen molar-refractivity contribution >= 4 is 0 Å². The monoisotopic (exact) mass is 310 g/mol. The van der Waals surface area contributed by atoms with Gasteiger partial charge in [-0.15, -0.1) is 0 Å². The molecular weight excluding hydrogens is 282 g/mol.